The van der Waals surface area contributed by atoms with Crippen molar-refractivity contribution in [1.29, 1.82) is 0 Å². The second-order valence-corrected chi connectivity index (χ2v) is 11.7. The summed E-state index contributed by atoms with van der Waals surface area (Å²) in [6, 6.07) is 8.93. The van der Waals surface area contributed by atoms with Crippen molar-refractivity contribution < 1.29 is 22.3 Å². The van der Waals surface area contributed by atoms with Crippen molar-refractivity contribution in [2.75, 3.05) is 6.61 Å². The average molecular weight is 509 g/mol. The van der Waals surface area contributed by atoms with Gasteiger partial charge in [0.05, 0.1) is 12.2 Å². The van der Waals surface area contributed by atoms with E-state index in [2.05, 4.69) is 31.2 Å². The van der Waals surface area contributed by atoms with E-state index >= 15 is 0 Å². The van der Waals surface area contributed by atoms with Crippen LogP contribution in [0.1, 0.15) is 120 Å². The summed E-state index contributed by atoms with van der Waals surface area (Å²) in [7, 11) is 0. The van der Waals surface area contributed by atoms with Crippen molar-refractivity contribution in [2.45, 2.75) is 121 Å². The fraction of sp³-hybridized carbons (Fsp3) is 0.742. The maximum atomic E-state index is 13.9. The smallest absolute Gasteiger partial charge is 0.378 e. The lowest BCUT2D eigenvalue weighted by Gasteiger charge is -2.38. The van der Waals surface area contributed by atoms with Gasteiger partial charge in [0.25, 0.3) is 0 Å². The summed E-state index contributed by atoms with van der Waals surface area (Å²) in [6.45, 7) is 3.22. The summed E-state index contributed by atoms with van der Waals surface area (Å²) >= 11 is 0. The molecule has 1 aromatic carbocycles. The van der Waals surface area contributed by atoms with Crippen molar-refractivity contribution in [1.82, 2.24) is 0 Å². The van der Waals surface area contributed by atoms with E-state index < -0.39 is 17.9 Å². The van der Waals surface area contributed by atoms with Crippen LogP contribution in [0.4, 0.5) is 17.6 Å². The van der Waals surface area contributed by atoms with Crippen LogP contribution in [0.5, 0.6) is 0 Å². The standard InChI is InChI=1S/C31H44F4O/c1-2-3-4-5-22-6-19-30(36-21-22)28-17-13-26(14-18-28)24-9-7-23(8-10-24)25-11-15-27(16-12-25)29(32)20-31(33,34)35/h7-10,20,22,25-28,30H,2-6,11-19,21H2,1H3. The SMILES string of the molecule is CCCCCC1CCC(C2CCC(c3ccc(C4CCC(C(F)=CC(F)(F)F)CC4)cc3)CC2)OC1. The molecule has 1 aliphatic heterocycles. The van der Waals surface area contributed by atoms with E-state index in [0.29, 0.717) is 36.7 Å². The molecule has 2 unspecified atom stereocenters. The first-order valence-electron chi connectivity index (χ1n) is 14.5. The molecule has 36 heavy (non-hydrogen) atoms. The number of hydrogen-bond donors (Lipinski definition) is 0. The minimum Gasteiger partial charge on any atom is -0.378 e. The number of benzene rings is 1. The highest BCUT2D eigenvalue weighted by atomic mass is 19.4. The summed E-state index contributed by atoms with van der Waals surface area (Å²) < 4.78 is 57.6. The van der Waals surface area contributed by atoms with Gasteiger partial charge in [-0.3, -0.25) is 0 Å². The van der Waals surface area contributed by atoms with Crippen molar-refractivity contribution in [2.24, 2.45) is 17.8 Å². The Kier molecular flexibility index (Phi) is 9.94. The highest BCUT2D eigenvalue weighted by Gasteiger charge is 2.33. The first-order valence-corrected chi connectivity index (χ1v) is 14.5. The molecular formula is C31H44F4O. The molecule has 0 bridgehead atoms. The topological polar surface area (TPSA) is 9.23 Å². The van der Waals surface area contributed by atoms with E-state index in [9.17, 15) is 17.6 Å². The minimum atomic E-state index is -4.57. The highest BCUT2D eigenvalue weighted by Crippen LogP contribution is 2.43. The van der Waals surface area contributed by atoms with E-state index in [1.807, 2.05) is 0 Å². The van der Waals surface area contributed by atoms with Crippen LogP contribution >= 0.6 is 0 Å². The third kappa shape index (κ3) is 7.82. The van der Waals surface area contributed by atoms with E-state index in [-0.39, 0.29) is 6.08 Å². The second-order valence-electron chi connectivity index (χ2n) is 11.7. The largest absolute Gasteiger partial charge is 0.412 e. The van der Waals surface area contributed by atoms with Crippen molar-refractivity contribution >= 4 is 0 Å². The molecule has 2 aliphatic carbocycles. The van der Waals surface area contributed by atoms with Crippen LogP contribution < -0.4 is 0 Å². The van der Waals surface area contributed by atoms with Gasteiger partial charge in [0.15, 0.2) is 0 Å². The van der Waals surface area contributed by atoms with E-state index in [0.717, 1.165) is 25.4 Å². The zero-order valence-electron chi connectivity index (χ0n) is 21.9. The first kappa shape index (κ1) is 27.7. The summed E-state index contributed by atoms with van der Waals surface area (Å²) in [5.74, 6) is 0.818. The van der Waals surface area contributed by atoms with Crippen molar-refractivity contribution in [3.8, 4) is 0 Å². The lowest BCUT2D eigenvalue weighted by Crippen LogP contribution is -2.34. The Balaban J connectivity index is 1.20. The molecule has 4 rings (SSSR count). The van der Waals surface area contributed by atoms with Gasteiger partial charge in [-0.25, -0.2) is 4.39 Å². The van der Waals surface area contributed by atoms with Crippen molar-refractivity contribution in [3.63, 3.8) is 0 Å². The van der Waals surface area contributed by atoms with Gasteiger partial charge in [0.2, 0.25) is 0 Å². The fourth-order valence-electron chi connectivity index (χ4n) is 6.95. The zero-order valence-corrected chi connectivity index (χ0v) is 21.9. The third-order valence-corrected chi connectivity index (χ3v) is 9.22. The van der Waals surface area contributed by atoms with Gasteiger partial charge in [-0.1, -0.05) is 50.5 Å². The first-order chi connectivity index (χ1) is 17.3. The van der Waals surface area contributed by atoms with Crippen molar-refractivity contribution in [3.05, 3.63) is 47.3 Å². The molecule has 0 spiro atoms. The Morgan fingerprint density at radius 3 is 1.92 bits per heavy atom. The summed E-state index contributed by atoms with van der Waals surface area (Å²) in [4.78, 5) is 0. The Hall–Kier alpha value is -1.36. The quantitative estimate of drug-likeness (QED) is 0.251. The van der Waals surface area contributed by atoms with Gasteiger partial charge in [-0.2, -0.15) is 13.2 Å². The number of ether oxygens (including phenoxy) is 1. The van der Waals surface area contributed by atoms with Crippen LogP contribution in [0.3, 0.4) is 0 Å². The number of unbranched alkanes of at least 4 members (excludes halogenated alkanes) is 2. The molecule has 3 fully saturated rings. The average Bonchev–Trinajstić information content (AvgIpc) is 2.89. The minimum absolute atomic E-state index is 0.159. The molecule has 3 aliphatic rings. The normalized spacial score (nSPS) is 32.4. The number of allylic oxidation sites excluding steroid dienone is 2. The summed E-state index contributed by atoms with van der Waals surface area (Å²) in [6.07, 6.45) is 11.0. The summed E-state index contributed by atoms with van der Waals surface area (Å²) in [5.41, 5.74) is 2.65. The van der Waals surface area contributed by atoms with E-state index in [1.165, 1.54) is 75.3 Å². The second kappa shape index (κ2) is 12.9. The van der Waals surface area contributed by atoms with E-state index in [4.69, 9.17) is 4.74 Å². The lowest BCUT2D eigenvalue weighted by atomic mass is 9.74. The molecule has 0 N–H and O–H groups in total. The number of halogens is 4. The van der Waals surface area contributed by atoms with Gasteiger partial charge in [-0.05, 0) is 105 Å². The lowest BCUT2D eigenvalue weighted by molar-refractivity contribution is -0.0820. The molecule has 202 valence electrons. The monoisotopic (exact) mass is 508 g/mol. The Labute approximate surface area is 215 Å². The van der Waals surface area contributed by atoms with Gasteiger partial charge >= 0.3 is 6.18 Å². The Morgan fingerprint density at radius 1 is 0.833 bits per heavy atom. The van der Waals surface area contributed by atoms with Gasteiger partial charge in [-0.15, -0.1) is 0 Å². The molecule has 0 aromatic heterocycles. The summed E-state index contributed by atoms with van der Waals surface area (Å²) in [5, 5.41) is 0. The van der Waals surface area contributed by atoms with Gasteiger partial charge in [0, 0.05) is 12.5 Å². The molecule has 0 radical (unpaired) electrons. The number of hydrogen-bond acceptors (Lipinski definition) is 1. The molecule has 1 saturated heterocycles. The molecule has 1 heterocycles. The Morgan fingerprint density at radius 2 is 1.42 bits per heavy atom. The van der Waals surface area contributed by atoms with Gasteiger partial charge in [0.1, 0.15) is 5.83 Å². The van der Waals surface area contributed by atoms with Gasteiger partial charge < -0.3 is 4.74 Å². The van der Waals surface area contributed by atoms with Crippen LogP contribution in [-0.2, 0) is 4.74 Å². The molecular weight excluding hydrogens is 464 g/mol. The van der Waals surface area contributed by atoms with E-state index in [1.54, 1.807) is 0 Å². The maximum absolute atomic E-state index is 13.9. The van der Waals surface area contributed by atoms with Crippen LogP contribution in [0.15, 0.2) is 36.2 Å². The predicted molar refractivity (Wildman–Crippen MR) is 138 cm³/mol. The molecule has 1 aromatic rings. The molecule has 5 heteroatoms. The fourth-order valence-corrected chi connectivity index (χ4v) is 6.95. The molecule has 2 atom stereocenters. The van der Waals surface area contributed by atoms with Crippen LogP contribution in [-0.4, -0.2) is 18.9 Å². The molecule has 1 nitrogen and oxygen atoms in total. The number of rotatable bonds is 8. The van der Waals surface area contributed by atoms with Crippen LogP contribution in [0.2, 0.25) is 0 Å². The Bertz CT molecular complexity index is 806. The number of alkyl halides is 3. The van der Waals surface area contributed by atoms with Crippen LogP contribution in [0, 0.1) is 17.8 Å². The third-order valence-electron chi connectivity index (χ3n) is 9.22. The molecule has 2 saturated carbocycles. The maximum Gasteiger partial charge on any atom is 0.412 e. The predicted octanol–water partition coefficient (Wildman–Crippen LogP) is 10.0. The zero-order chi connectivity index (χ0) is 25.5. The van der Waals surface area contributed by atoms with Crippen LogP contribution in [0.25, 0.3) is 0 Å². The highest BCUT2D eigenvalue weighted by molar-refractivity contribution is 5.28. The molecule has 0 amide bonds.